The lowest BCUT2D eigenvalue weighted by Gasteiger charge is -2.18. The molecule has 0 atom stereocenters. The lowest BCUT2D eigenvalue weighted by molar-refractivity contribution is -0.133. The van der Waals surface area contributed by atoms with E-state index in [0.717, 1.165) is 44.5 Å². The Balaban J connectivity index is 1.80. The average molecular weight is 453 g/mol. The second kappa shape index (κ2) is 9.84. The number of carboxylic acid groups (broad SMARTS) is 1. The van der Waals surface area contributed by atoms with Crippen LogP contribution in [0, 0.1) is 12.8 Å². The molecule has 4 heteroatoms. The topological polar surface area (TPSA) is 55.8 Å². The van der Waals surface area contributed by atoms with Crippen LogP contribution in [0.15, 0.2) is 84.4 Å². The van der Waals surface area contributed by atoms with E-state index in [2.05, 4.69) is 25.1 Å². The Labute approximate surface area is 200 Å². The second-order valence-electron chi connectivity index (χ2n) is 8.58. The predicted molar refractivity (Wildman–Crippen MR) is 138 cm³/mol. The highest BCUT2D eigenvalue weighted by molar-refractivity contribution is 5.98. The van der Waals surface area contributed by atoms with E-state index in [-0.39, 0.29) is 5.92 Å². The third kappa shape index (κ3) is 4.81. The van der Waals surface area contributed by atoms with Gasteiger partial charge in [0.05, 0.1) is 7.11 Å². The number of methoxy groups -OCH3 is 1. The van der Waals surface area contributed by atoms with Crippen molar-refractivity contribution >= 4 is 22.8 Å². The summed E-state index contributed by atoms with van der Waals surface area (Å²) in [4.78, 5) is 11.5. The third-order valence-corrected chi connectivity index (χ3v) is 5.85. The molecule has 4 aromatic rings. The Hall–Kier alpha value is -4.05. The number of hydrogen-bond donors (Lipinski definition) is 1. The summed E-state index contributed by atoms with van der Waals surface area (Å²) in [7, 11) is 1.66. The zero-order chi connectivity index (χ0) is 24.2. The molecular weight excluding hydrogens is 424 g/mol. The zero-order valence-electron chi connectivity index (χ0n) is 19.8. The molecule has 4 nitrogen and oxygen atoms in total. The van der Waals surface area contributed by atoms with Crippen molar-refractivity contribution in [2.75, 3.05) is 7.11 Å². The van der Waals surface area contributed by atoms with Crippen LogP contribution in [0.5, 0.6) is 17.2 Å². The Morgan fingerprint density at radius 1 is 0.912 bits per heavy atom. The van der Waals surface area contributed by atoms with E-state index in [4.69, 9.17) is 9.47 Å². The van der Waals surface area contributed by atoms with E-state index in [0.29, 0.717) is 11.3 Å². The molecule has 0 saturated heterocycles. The smallest absolute Gasteiger partial charge is 0.331 e. The summed E-state index contributed by atoms with van der Waals surface area (Å²) in [6.07, 6.45) is 1.71. The largest absolute Gasteiger partial charge is 0.497 e. The molecule has 34 heavy (non-hydrogen) atoms. The van der Waals surface area contributed by atoms with Gasteiger partial charge in [-0.2, -0.15) is 0 Å². The lowest BCUT2D eigenvalue weighted by Crippen LogP contribution is -2.06. The first-order chi connectivity index (χ1) is 16.4. The number of aliphatic carboxylic acids is 1. The van der Waals surface area contributed by atoms with Gasteiger partial charge >= 0.3 is 5.97 Å². The molecule has 0 fully saturated rings. The average Bonchev–Trinajstić information content (AvgIpc) is 2.83. The van der Waals surface area contributed by atoms with Crippen LogP contribution < -0.4 is 9.47 Å². The minimum Gasteiger partial charge on any atom is -0.497 e. The van der Waals surface area contributed by atoms with Gasteiger partial charge in [-0.25, -0.2) is 4.79 Å². The van der Waals surface area contributed by atoms with Crippen LogP contribution in [0.4, 0.5) is 0 Å². The highest BCUT2D eigenvalue weighted by Crippen LogP contribution is 2.43. The number of carbonyl (C=O) groups is 1. The lowest BCUT2D eigenvalue weighted by atomic mass is 9.94. The second-order valence-corrected chi connectivity index (χ2v) is 8.58. The fourth-order valence-electron chi connectivity index (χ4n) is 4.09. The van der Waals surface area contributed by atoms with Crippen molar-refractivity contribution in [2.45, 2.75) is 20.8 Å². The van der Waals surface area contributed by atoms with Gasteiger partial charge in [-0.3, -0.25) is 0 Å². The number of ether oxygens (including phenoxy) is 2. The highest BCUT2D eigenvalue weighted by atomic mass is 16.5. The first-order valence-electron chi connectivity index (χ1n) is 11.3. The van der Waals surface area contributed by atoms with Crippen molar-refractivity contribution in [1.29, 1.82) is 0 Å². The van der Waals surface area contributed by atoms with Crippen molar-refractivity contribution in [1.82, 2.24) is 0 Å². The number of aryl methyl sites for hydroxylation is 1. The molecule has 0 aromatic heterocycles. The predicted octanol–water partition coefficient (Wildman–Crippen LogP) is 7.74. The molecule has 0 unspecified atom stereocenters. The number of hydrogen-bond acceptors (Lipinski definition) is 3. The van der Waals surface area contributed by atoms with Gasteiger partial charge in [0.25, 0.3) is 0 Å². The number of benzene rings is 4. The first kappa shape index (κ1) is 23.1. The molecule has 0 heterocycles. The Morgan fingerprint density at radius 2 is 1.59 bits per heavy atom. The van der Waals surface area contributed by atoms with Crippen LogP contribution in [0.25, 0.3) is 28.0 Å². The van der Waals surface area contributed by atoms with Crippen LogP contribution in [0.3, 0.4) is 0 Å². The molecule has 4 aromatic carbocycles. The van der Waals surface area contributed by atoms with Crippen molar-refractivity contribution in [3.63, 3.8) is 0 Å². The van der Waals surface area contributed by atoms with E-state index < -0.39 is 5.97 Å². The summed E-state index contributed by atoms with van der Waals surface area (Å²) >= 11 is 0. The van der Waals surface area contributed by atoms with Gasteiger partial charge in [-0.15, -0.1) is 0 Å². The highest BCUT2D eigenvalue weighted by Gasteiger charge is 2.16. The van der Waals surface area contributed by atoms with E-state index in [1.54, 1.807) is 13.2 Å². The molecule has 1 N–H and O–H groups in total. The maximum Gasteiger partial charge on any atom is 0.331 e. The minimum absolute atomic E-state index is 0.0718. The molecular formula is C30H28O4. The fraction of sp³-hybridized carbons (Fsp3) is 0.167. The van der Waals surface area contributed by atoms with Crippen molar-refractivity contribution in [3.05, 3.63) is 95.6 Å². The molecule has 0 amide bonds. The van der Waals surface area contributed by atoms with Gasteiger partial charge in [0.1, 0.15) is 17.2 Å². The maximum absolute atomic E-state index is 11.5. The number of carboxylic acids is 1. The van der Waals surface area contributed by atoms with Gasteiger partial charge < -0.3 is 14.6 Å². The Kier molecular flexibility index (Phi) is 6.69. The van der Waals surface area contributed by atoms with Crippen LogP contribution in [0.2, 0.25) is 0 Å². The summed E-state index contributed by atoms with van der Waals surface area (Å²) in [5, 5.41) is 11.5. The van der Waals surface area contributed by atoms with Crippen molar-refractivity contribution < 1.29 is 19.4 Å². The summed E-state index contributed by atoms with van der Waals surface area (Å²) < 4.78 is 11.9. The SMILES string of the molecule is COc1ccc2c(Oc3ccc(/C=C(/C(=O)O)C(C)C)cc3)c(-c3ccccc3)c(C)cc2c1. The first-order valence-corrected chi connectivity index (χ1v) is 11.3. The number of rotatable bonds is 7. The fourth-order valence-corrected chi connectivity index (χ4v) is 4.09. The molecule has 0 aliphatic heterocycles. The van der Waals surface area contributed by atoms with Gasteiger partial charge in [0, 0.05) is 16.5 Å². The van der Waals surface area contributed by atoms with Crippen LogP contribution >= 0.6 is 0 Å². The molecule has 0 bridgehead atoms. The third-order valence-electron chi connectivity index (χ3n) is 5.85. The molecule has 0 radical (unpaired) electrons. The van der Waals surface area contributed by atoms with E-state index in [1.165, 1.54) is 0 Å². The molecule has 4 rings (SSSR count). The standard InChI is InChI=1S/C30H28O4/c1-19(2)27(30(31)32)17-21-10-12-24(13-11-21)34-29-26-15-14-25(33-4)18-23(26)16-20(3)28(29)22-8-6-5-7-9-22/h5-19H,1-4H3,(H,31,32)/b27-17+. The van der Waals surface area contributed by atoms with E-state index in [1.807, 2.05) is 74.5 Å². The zero-order valence-corrected chi connectivity index (χ0v) is 19.8. The Morgan fingerprint density at radius 3 is 2.21 bits per heavy atom. The molecule has 0 saturated carbocycles. The Bertz CT molecular complexity index is 1350. The van der Waals surface area contributed by atoms with Gasteiger partial charge in [-0.05, 0) is 71.3 Å². The summed E-state index contributed by atoms with van der Waals surface area (Å²) in [6, 6.07) is 25.8. The molecule has 0 aliphatic rings. The van der Waals surface area contributed by atoms with Gasteiger partial charge in [-0.1, -0.05) is 62.4 Å². The summed E-state index contributed by atoms with van der Waals surface area (Å²) in [6.45, 7) is 5.84. The van der Waals surface area contributed by atoms with Crippen LogP contribution in [-0.2, 0) is 4.79 Å². The van der Waals surface area contributed by atoms with E-state index >= 15 is 0 Å². The monoisotopic (exact) mass is 452 g/mol. The minimum atomic E-state index is -0.899. The van der Waals surface area contributed by atoms with Gasteiger partial charge in [0.2, 0.25) is 0 Å². The van der Waals surface area contributed by atoms with E-state index in [9.17, 15) is 9.90 Å². The quantitative estimate of drug-likeness (QED) is 0.291. The molecule has 0 spiro atoms. The maximum atomic E-state index is 11.5. The van der Waals surface area contributed by atoms with Crippen LogP contribution in [0.1, 0.15) is 25.0 Å². The van der Waals surface area contributed by atoms with Crippen molar-refractivity contribution in [2.24, 2.45) is 5.92 Å². The summed E-state index contributed by atoms with van der Waals surface area (Å²) in [5.74, 6) is 1.28. The normalized spacial score (nSPS) is 11.6. The summed E-state index contributed by atoms with van der Waals surface area (Å²) in [5.41, 5.74) is 4.41. The van der Waals surface area contributed by atoms with Crippen molar-refractivity contribution in [3.8, 4) is 28.4 Å². The van der Waals surface area contributed by atoms with Gasteiger partial charge in [0.15, 0.2) is 0 Å². The van der Waals surface area contributed by atoms with Crippen LogP contribution in [-0.4, -0.2) is 18.2 Å². The number of fused-ring (bicyclic) bond motifs is 1. The molecule has 0 aliphatic carbocycles. The molecule has 172 valence electrons.